The SMILES string of the molecule is O=C(Nc1cccnn1)c1cccc2[nH]c(-c3ccccc3OCCN3CCOCC3)nc12. The van der Waals surface area contributed by atoms with Crippen molar-refractivity contribution in [3.05, 3.63) is 66.4 Å². The molecule has 9 nitrogen and oxygen atoms in total. The summed E-state index contributed by atoms with van der Waals surface area (Å²) in [5, 5.41) is 10.5. The molecule has 0 spiro atoms. The maximum absolute atomic E-state index is 12.9. The first-order chi connectivity index (χ1) is 16.3. The van der Waals surface area contributed by atoms with Crippen LogP contribution in [-0.2, 0) is 4.74 Å². The number of amides is 1. The van der Waals surface area contributed by atoms with E-state index in [1.54, 1.807) is 24.4 Å². The highest BCUT2D eigenvalue weighted by molar-refractivity contribution is 6.11. The van der Waals surface area contributed by atoms with Crippen molar-refractivity contribution in [2.24, 2.45) is 0 Å². The summed E-state index contributed by atoms with van der Waals surface area (Å²) in [6, 6.07) is 16.6. The molecule has 2 aromatic heterocycles. The number of para-hydroxylation sites is 2. The van der Waals surface area contributed by atoms with Crippen LogP contribution in [0.25, 0.3) is 22.4 Å². The molecule has 9 heteroatoms. The zero-order chi connectivity index (χ0) is 22.5. The molecule has 0 atom stereocenters. The van der Waals surface area contributed by atoms with Gasteiger partial charge in [0.05, 0.1) is 29.9 Å². The van der Waals surface area contributed by atoms with E-state index in [4.69, 9.17) is 14.5 Å². The third-order valence-corrected chi connectivity index (χ3v) is 5.48. The van der Waals surface area contributed by atoms with Crippen molar-refractivity contribution in [1.82, 2.24) is 25.1 Å². The molecule has 0 radical (unpaired) electrons. The molecular formula is C24H24N6O3. The lowest BCUT2D eigenvalue weighted by atomic mass is 10.1. The Balaban J connectivity index is 1.37. The number of rotatable bonds is 7. The van der Waals surface area contributed by atoms with Crippen molar-refractivity contribution in [3.8, 4) is 17.1 Å². The molecule has 1 aliphatic heterocycles. The van der Waals surface area contributed by atoms with E-state index < -0.39 is 0 Å². The van der Waals surface area contributed by atoms with Crippen molar-refractivity contribution >= 4 is 22.8 Å². The molecular weight excluding hydrogens is 420 g/mol. The fourth-order valence-electron chi connectivity index (χ4n) is 3.79. The summed E-state index contributed by atoms with van der Waals surface area (Å²) in [6.07, 6.45) is 1.55. The number of carbonyl (C=O) groups is 1. The zero-order valence-corrected chi connectivity index (χ0v) is 18.0. The van der Waals surface area contributed by atoms with Crippen LogP contribution in [0, 0.1) is 0 Å². The van der Waals surface area contributed by atoms with Crippen LogP contribution in [0.4, 0.5) is 5.82 Å². The lowest BCUT2D eigenvalue weighted by Crippen LogP contribution is -2.38. The monoisotopic (exact) mass is 444 g/mol. The Hall–Kier alpha value is -3.82. The number of nitrogens with zero attached hydrogens (tertiary/aromatic N) is 4. The van der Waals surface area contributed by atoms with E-state index in [1.807, 2.05) is 36.4 Å². The lowest BCUT2D eigenvalue weighted by Gasteiger charge is -2.26. The number of hydrogen-bond acceptors (Lipinski definition) is 7. The Bertz CT molecular complexity index is 1240. The first-order valence-electron chi connectivity index (χ1n) is 10.9. The second kappa shape index (κ2) is 9.76. The Morgan fingerprint density at radius 1 is 1.09 bits per heavy atom. The van der Waals surface area contributed by atoms with Gasteiger partial charge in [-0.2, -0.15) is 5.10 Å². The minimum absolute atomic E-state index is 0.297. The maximum Gasteiger partial charge on any atom is 0.259 e. The van der Waals surface area contributed by atoms with Crippen molar-refractivity contribution in [1.29, 1.82) is 0 Å². The number of ether oxygens (including phenoxy) is 2. The van der Waals surface area contributed by atoms with E-state index >= 15 is 0 Å². The van der Waals surface area contributed by atoms with Gasteiger partial charge in [0.25, 0.3) is 5.91 Å². The first kappa shape index (κ1) is 21.0. The number of imidazole rings is 1. The lowest BCUT2D eigenvalue weighted by molar-refractivity contribution is 0.0323. The summed E-state index contributed by atoms with van der Waals surface area (Å²) in [5.74, 6) is 1.48. The van der Waals surface area contributed by atoms with Gasteiger partial charge in [0.2, 0.25) is 0 Å². The summed E-state index contributed by atoms with van der Waals surface area (Å²) in [6.45, 7) is 4.79. The van der Waals surface area contributed by atoms with Gasteiger partial charge in [-0.05, 0) is 36.4 Å². The van der Waals surface area contributed by atoms with Crippen LogP contribution in [-0.4, -0.2) is 70.4 Å². The molecule has 1 amide bonds. The highest BCUT2D eigenvalue weighted by Gasteiger charge is 2.17. The smallest absolute Gasteiger partial charge is 0.259 e. The van der Waals surface area contributed by atoms with Crippen molar-refractivity contribution in [2.75, 3.05) is 44.8 Å². The van der Waals surface area contributed by atoms with Crippen molar-refractivity contribution in [3.63, 3.8) is 0 Å². The number of aromatic nitrogens is 4. The molecule has 0 aliphatic carbocycles. The number of H-pyrrole nitrogens is 1. The third kappa shape index (κ3) is 4.84. The van der Waals surface area contributed by atoms with Gasteiger partial charge in [-0.25, -0.2) is 4.98 Å². The van der Waals surface area contributed by atoms with Gasteiger partial charge in [0.15, 0.2) is 5.82 Å². The average molecular weight is 444 g/mol. The second-order valence-corrected chi connectivity index (χ2v) is 7.65. The van der Waals surface area contributed by atoms with Crippen molar-refractivity contribution in [2.45, 2.75) is 0 Å². The standard InChI is InChI=1S/C24H24N6O3/c31-24(27-21-9-4-10-25-29-21)18-6-3-7-19-22(18)28-23(26-19)17-5-1-2-8-20(17)33-16-13-30-11-14-32-15-12-30/h1-10H,11-16H2,(H,26,28)(H,27,29,31). The molecule has 1 fully saturated rings. The highest BCUT2D eigenvalue weighted by atomic mass is 16.5. The fourth-order valence-corrected chi connectivity index (χ4v) is 3.79. The van der Waals surface area contributed by atoms with E-state index in [9.17, 15) is 4.79 Å². The molecule has 168 valence electrons. The van der Waals surface area contributed by atoms with Crippen LogP contribution in [0.3, 0.4) is 0 Å². The predicted molar refractivity (Wildman–Crippen MR) is 124 cm³/mol. The number of carbonyl (C=O) groups excluding carboxylic acids is 1. The third-order valence-electron chi connectivity index (χ3n) is 5.48. The normalized spacial score (nSPS) is 14.3. The molecule has 0 saturated carbocycles. The predicted octanol–water partition coefficient (Wildman–Crippen LogP) is 2.98. The van der Waals surface area contributed by atoms with E-state index in [-0.39, 0.29) is 5.91 Å². The van der Waals surface area contributed by atoms with Crippen LogP contribution in [0.1, 0.15) is 10.4 Å². The molecule has 3 heterocycles. The Kier molecular flexibility index (Phi) is 6.23. The summed E-state index contributed by atoms with van der Waals surface area (Å²) in [4.78, 5) is 23.3. The van der Waals surface area contributed by atoms with Crippen LogP contribution >= 0.6 is 0 Å². The van der Waals surface area contributed by atoms with Gasteiger partial charge < -0.3 is 19.8 Å². The van der Waals surface area contributed by atoms with Gasteiger partial charge >= 0.3 is 0 Å². The van der Waals surface area contributed by atoms with Gasteiger partial charge in [-0.15, -0.1) is 5.10 Å². The summed E-state index contributed by atoms with van der Waals surface area (Å²) in [7, 11) is 0. The maximum atomic E-state index is 12.9. The molecule has 4 aromatic rings. The van der Waals surface area contributed by atoms with Gasteiger partial charge in [-0.1, -0.05) is 18.2 Å². The molecule has 33 heavy (non-hydrogen) atoms. The molecule has 5 rings (SSSR count). The van der Waals surface area contributed by atoms with E-state index in [0.717, 1.165) is 49.7 Å². The van der Waals surface area contributed by atoms with Gasteiger partial charge in [-0.3, -0.25) is 9.69 Å². The highest BCUT2D eigenvalue weighted by Crippen LogP contribution is 2.30. The average Bonchev–Trinajstić information content (AvgIpc) is 3.30. The number of anilines is 1. The number of benzene rings is 2. The van der Waals surface area contributed by atoms with E-state index in [2.05, 4.69) is 25.4 Å². The summed E-state index contributed by atoms with van der Waals surface area (Å²) in [5.41, 5.74) is 2.64. The fraction of sp³-hybridized carbons (Fsp3) is 0.250. The number of fused-ring (bicyclic) bond motifs is 1. The van der Waals surface area contributed by atoms with Crippen LogP contribution in [0.2, 0.25) is 0 Å². The largest absolute Gasteiger partial charge is 0.491 e. The minimum atomic E-state index is -0.297. The van der Waals surface area contributed by atoms with Crippen molar-refractivity contribution < 1.29 is 14.3 Å². The Morgan fingerprint density at radius 2 is 1.97 bits per heavy atom. The first-order valence-corrected chi connectivity index (χ1v) is 10.9. The number of hydrogen-bond donors (Lipinski definition) is 2. The van der Waals surface area contributed by atoms with Crippen LogP contribution in [0.5, 0.6) is 5.75 Å². The summed E-state index contributed by atoms with van der Waals surface area (Å²) >= 11 is 0. The molecule has 0 unspecified atom stereocenters. The molecule has 1 aliphatic rings. The number of morpholine rings is 1. The Labute approximate surface area is 190 Å². The molecule has 0 bridgehead atoms. The molecule has 2 aromatic carbocycles. The van der Waals surface area contributed by atoms with E-state index in [1.165, 1.54) is 0 Å². The van der Waals surface area contributed by atoms with Crippen LogP contribution in [0.15, 0.2) is 60.8 Å². The number of nitrogens with one attached hydrogen (secondary N) is 2. The van der Waals surface area contributed by atoms with Gasteiger partial charge in [0, 0.05) is 25.8 Å². The second-order valence-electron chi connectivity index (χ2n) is 7.65. The Morgan fingerprint density at radius 3 is 2.82 bits per heavy atom. The molecule has 2 N–H and O–H groups in total. The minimum Gasteiger partial charge on any atom is -0.491 e. The summed E-state index contributed by atoms with van der Waals surface area (Å²) < 4.78 is 11.5. The van der Waals surface area contributed by atoms with Crippen LogP contribution < -0.4 is 10.1 Å². The number of aromatic amines is 1. The zero-order valence-electron chi connectivity index (χ0n) is 18.0. The van der Waals surface area contributed by atoms with E-state index in [0.29, 0.717) is 29.3 Å². The van der Waals surface area contributed by atoms with Gasteiger partial charge in [0.1, 0.15) is 23.7 Å². The quantitative estimate of drug-likeness (QED) is 0.451. The topological polar surface area (TPSA) is 105 Å². The molecule has 1 saturated heterocycles.